The lowest BCUT2D eigenvalue weighted by Gasteiger charge is -2.29. The zero-order valence-corrected chi connectivity index (χ0v) is 20.1. The number of carbonyl (C=O) groups excluding carboxylic acids is 2. The van der Waals surface area contributed by atoms with E-state index in [0.717, 1.165) is 50.6 Å². The molecule has 2 aliphatic heterocycles. The maximum atomic E-state index is 13.1. The number of pyridine rings is 1. The first-order chi connectivity index (χ1) is 15.9. The molecule has 0 aliphatic carbocycles. The third kappa shape index (κ3) is 4.30. The summed E-state index contributed by atoms with van der Waals surface area (Å²) in [6, 6.07) is 7.77. The van der Waals surface area contributed by atoms with Crippen LogP contribution in [0.15, 0.2) is 30.5 Å². The first-order valence-electron chi connectivity index (χ1n) is 11.0. The minimum Gasteiger partial charge on any atom is -0.479 e. The second-order valence-corrected chi connectivity index (χ2v) is 10.1. The molecule has 2 aromatic heterocycles. The molecular formula is C24H25ClN4O3S. The number of rotatable bonds is 4. The standard InChI is InChI=1S/C24H25ClN4O3S/c1-14(30)28(2)13-17-12-20-23(33-17)18(3-4-27-20)19-11-16(25)9-15-10-21(32-22(15)19)24(31)29-7-5-26-6-8-29/h3-4,9,11-12,21,26H,5-8,10,13H2,1-2H3/t21-/m1/s1. The van der Waals surface area contributed by atoms with Gasteiger partial charge >= 0.3 is 0 Å². The quantitative estimate of drug-likeness (QED) is 0.614. The van der Waals surface area contributed by atoms with Crippen molar-refractivity contribution in [2.24, 2.45) is 0 Å². The number of carbonyl (C=O) groups is 2. The van der Waals surface area contributed by atoms with Gasteiger partial charge in [0.15, 0.2) is 6.10 Å². The molecule has 3 aromatic rings. The van der Waals surface area contributed by atoms with Crippen molar-refractivity contribution in [1.82, 2.24) is 20.1 Å². The molecule has 1 fully saturated rings. The third-order valence-electron chi connectivity index (χ3n) is 6.18. The van der Waals surface area contributed by atoms with E-state index in [9.17, 15) is 9.59 Å². The molecule has 5 rings (SSSR count). The number of benzene rings is 1. The molecule has 1 saturated heterocycles. The fourth-order valence-electron chi connectivity index (χ4n) is 4.37. The van der Waals surface area contributed by atoms with Crippen LogP contribution in [0.4, 0.5) is 0 Å². The molecule has 2 amide bonds. The lowest BCUT2D eigenvalue weighted by Crippen LogP contribution is -2.50. The molecule has 0 bridgehead atoms. The Balaban J connectivity index is 1.50. The van der Waals surface area contributed by atoms with Gasteiger partial charge in [0.25, 0.3) is 5.91 Å². The second kappa shape index (κ2) is 8.93. The number of hydrogen-bond donors (Lipinski definition) is 1. The van der Waals surface area contributed by atoms with Crippen LogP contribution in [0, 0.1) is 0 Å². The smallest absolute Gasteiger partial charge is 0.264 e. The van der Waals surface area contributed by atoms with Gasteiger partial charge in [-0.2, -0.15) is 0 Å². The molecule has 2 aliphatic rings. The van der Waals surface area contributed by atoms with Crippen molar-refractivity contribution in [2.75, 3.05) is 33.2 Å². The maximum Gasteiger partial charge on any atom is 0.264 e. The van der Waals surface area contributed by atoms with E-state index in [4.69, 9.17) is 16.3 Å². The summed E-state index contributed by atoms with van der Waals surface area (Å²) in [5.74, 6) is 0.762. The average molecular weight is 485 g/mol. The molecule has 0 spiro atoms. The molecule has 172 valence electrons. The summed E-state index contributed by atoms with van der Waals surface area (Å²) in [6.45, 7) is 5.08. The van der Waals surface area contributed by atoms with Gasteiger partial charge in [-0.05, 0) is 24.3 Å². The summed E-state index contributed by atoms with van der Waals surface area (Å²) >= 11 is 8.11. The highest BCUT2D eigenvalue weighted by Gasteiger charge is 2.35. The van der Waals surface area contributed by atoms with Gasteiger partial charge in [0.05, 0.1) is 16.8 Å². The van der Waals surface area contributed by atoms with Crippen molar-refractivity contribution < 1.29 is 14.3 Å². The zero-order chi connectivity index (χ0) is 23.1. The van der Waals surface area contributed by atoms with E-state index in [2.05, 4.69) is 10.3 Å². The summed E-state index contributed by atoms with van der Waals surface area (Å²) in [7, 11) is 1.79. The van der Waals surface area contributed by atoms with Gasteiger partial charge in [-0.15, -0.1) is 11.3 Å². The Morgan fingerprint density at radius 2 is 2.06 bits per heavy atom. The lowest BCUT2D eigenvalue weighted by atomic mass is 10.0. The molecule has 4 heterocycles. The number of thiophene rings is 1. The number of ether oxygens (including phenoxy) is 1. The largest absolute Gasteiger partial charge is 0.479 e. The van der Waals surface area contributed by atoms with E-state index in [-0.39, 0.29) is 11.8 Å². The lowest BCUT2D eigenvalue weighted by molar-refractivity contribution is -0.138. The molecule has 1 N–H and O–H groups in total. The maximum absolute atomic E-state index is 13.1. The van der Waals surface area contributed by atoms with Gasteiger partial charge in [0, 0.05) is 79.4 Å². The number of hydrogen-bond acceptors (Lipinski definition) is 6. The molecule has 9 heteroatoms. The Hall–Kier alpha value is -2.68. The molecule has 0 saturated carbocycles. The number of halogens is 1. The summed E-state index contributed by atoms with van der Waals surface area (Å²) < 4.78 is 7.28. The molecule has 33 heavy (non-hydrogen) atoms. The Bertz CT molecular complexity index is 1240. The van der Waals surface area contributed by atoms with Crippen LogP contribution in [-0.2, 0) is 22.6 Å². The minimum atomic E-state index is -0.532. The molecular weight excluding hydrogens is 460 g/mol. The molecule has 7 nitrogen and oxygen atoms in total. The number of nitrogens with one attached hydrogen (secondary N) is 1. The fraction of sp³-hybridized carbons (Fsp3) is 0.375. The SMILES string of the molecule is CC(=O)N(C)Cc1cc2nccc(-c3cc(Cl)cc4c3O[C@@H](C(=O)N3CCNCC3)C4)c2s1. The molecule has 1 aromatic carbocycles. The van der Waals surface area contributed by atoms with Gasteiger partial charge < -0.3 is 19.9 Å². The van der Waals surface area contributed by atoms with Crippen LogP contribution < -0.4 is 10.1 Å². The van der Waals surface area contributed by atoms with Crippen LogP contribution in [0.1, 0.15) is 17.4 Å². The van der Waals surface area contributed by atoms with Crippen LogP contribution in [0.25, 0.3) is 21.3 Å². The highest BCUT2D eigenvalue weighted by molar-refractivity contribution is 7.19. The fourth-order valence-corrected chi connectivity index (χ4v) is 5.81. The number of amides is 2. The van der Waals surface area contributed by atoms with E-state index < -0.39 is 6.10 Å². The molecule has 1 atom stereocenters. The predicted octanol–water partition coefficient (Wildman–Crippen LogP) is 3.33. The van der Waals surface area contributed by atoms with Crippen molar-refractivity contribution in [2.45, 2.75) is 26.0 Å². The highest BCUT2D eigenvalue weighted by atomic mass is 35.5. The third-order valence-corrected chi connectivity index (χ3v) is 7.54. The number of piperazine rings is 1. The summed E-state index contributed by atoms with van der Waals surface area (Å²) in [4.78, 5) is 33.9. The normalized spacial score (nSPS) is 17.7. The Labute approximate surface area is 201 Å². The van der Waals surface area contributed by atoms with Crippen LogP contribution in [0.2, 0.25) is 5.02 Å². The van der Waals surface area contributed by atoms with E-state index >= 15 is 0 Å². The van der Waals surface area contributed by atoms with Gasteiger partial charge in [0.2, 0.25) is 5.91 Å². The summed E-state index contributed by atoms with van der Waals surface area (Å²) in [6.07, 6.45) is 1.75. The van der Waals surface area contributed by atoms with E-state index in [0.29, 0.717) is 31.1 Å². The van der Waals surface area contributed by atoms with Gasteiger partial charge in [-0.25, -0.2) is 0 Å². The predicted molar refractivity (Wildman–Crippen MR) is 130 cm³/mol. The highest BCUT2D eigenvalue weighted by Crippen LogP contribution is 2.44. The van der Waals surface area contributed by atoms with Crippen molar-refractivity contribution in [3.8, 4) is 16.9 Å². The Morgan fingerprint density at radius 3 is 2.82 bits per heavy atom. The molecule has 0 unspecified atom stereocenters. The Kier molecular flexibility index (Phi) is 5.99. The monoisotopic (exact) mass is 484 g/mol. The molecule has 0 radical (unpaired) electrons. The number of aromatic nitrogens is 1. The first kappa shape index (κ1) is 22.1. The van der Waals surface area contributed by atoms with Crippen molar-refractivity contribution in [3.05, 3.63) is 45.9 Å². The van der Waals surface area contributed by atoms with Crippen LogP contribution >= 0.6 is 22.9 Å². The first-order valence-corrected chi connectivity index (χ1v) is 12.2. The number of fused-ring (bicyclic) bond motifs is 2. The summed E-state index contributed by atoms with van der Waals surface area (Å²) in [5.41, 5.74) is 3.65. The van der Waals surface area contributed by atoms with E-state index in [1.807, 2.05) is 29.2 Å². The van der Waals surface area contributed by atoms with Crippen LogP contribution in [-0.4, -0.2) is 65.9 Å². The zero-order valence-electron chi connectivity index (χ0n) is 18.6. The second-order valence-electron chi connectivity index (χ2n) is 8.49. The topological polar surface area (TPSA) is 74.8 Å². The van der Waals surface area contributed by atoms with E-state index in [1.165, 1.54) is 0 Å². The number of nitrogens with zero attached hydrogens (tertiary/aromatic N) is 3. The minimum absolute atomic E-state index is 0.0156. The van der Waals surface area contributed by atoms with Crippen LogP contribution in [0.5, 0.6) is 5.75 Å². The van der Waals surface area contributed by atoms with Gasteiger partial charge in [-0.3, -0.25) is 14.6 Å². The van der Waals surface area contributed by atoms with Crippen LogP contribution in [0.3, 0.4) is 0 Å². The van der Waals surface area contributed by atoms with Crippen molar-refractivity contribution >= 4 is 45.0 Å². The van der Waals surface area contributed by atoms with E-state index in [1.54, 1.807) is 36.4 Å². The summed E-state index contributed by atoms with van der Waals surface area (Å²) in [5, 5.41) is 3.89. The van der Waals surface area contributed by atoms with Gasteiger partial charge in [-0.1, -0.05) is 11.6 Å². The van der Waals surface area contributed by atoms with Crippen molar-refractivity contribution in [1.29, 1.82) is 0 Å². The Morgan fingerprint density at radius 1 is 1.27 bits per heavy atom. The average Bonchev–Trinajstić information content (AvgIpc) is 3.42. The van der Waals surface area contributed by atoms with Gasteiger partial charge in [0.1, 0.15) is 5.75 Å². The van der Waals surface area contributed by atoms with Crippen molar-refractivity contribution in [3.63, 3.8) is 0 Å².